The molecule has 0 aliphatic carbocycles. The minimum atomic E-state index is -0.667. The van der Waals surface area contributed by atoms with Crippen molar-refractivity contribution in [2.45, 2.75) is 20.3 Å². The first-order valence-corrected chi connectivity index (χ1v) is 5.43. The topological polar surface area (TPSA) is 93.2 Å². The number of esters is 1. The number of carbonyl (C=O) groups excluding carboxylic acids is 1. The van der Waals surface area contributed by atoms with E-state index in [9.17, 15) is 14.9 Å². The summed E-state index contributed by atoms with van der Waals surface area (Å²) in [5.41, 5.74) is 0.266. The fourth-order valence-corrected chi connectivity index (χ4v) is 1.62. The zero-order chi connectivity index (χ0) is 13.7. The molecular weight excluding hydrogens is 236 g/mol. The van der Waals surface area contributed by atoms with Gasteiger partial charge in [0.05, 0.1) is 28.7 Å². The lowest BCUT2D eigenvalue weighted by molar-refractivity contribution is -0.385. The van der Waals surface area contributed by atoms with E-state index in [-0.39, 0.29) is 23.4 Å². The van der Waals surface area contributed by atoms with Gasteiger partial charge in [0.1, 0.15) is 0 Å². The molecule has 0 fully saturated rings. The van der Waals surface area contributed by atoms with Crippen LogP contribution in [0.3, 0.4) is 0 Å². The summed E-state index contributed by atoms with van der Waals surface area (Å²) in [4.78, 5) is 21.9. The first-order valence-electron chi connectivity index (χ1n) is 5.43. The average molecular weight is 248 g/mol. The van der Waals surface area contributed by atoms with Crippen LogP contribution in [0.5, 0.6) is 0 Å². The van der Waals surface area contributed by atoms with Gasteiger partial charge in [0.2, 0.25) is 0 Å². The van der Waals surface area contributed by atoms with Gasteiger partial charge in [0.25, 0.3) is 5.69 Å². The molecule has 1 rings (SSSR count). The molecule has 0 saturated carbocycles. The Morgan fingerprint density at radius 3 is 2.61 bits per heavy atom. The van der Waals surface area contributed by atoms with Crippen LogP contribution in [0.25, 0.3) is 0 Å². The number of nitriles is 1. The summed E-state index contributed by atoms with van der Waals surface area (Å²) in [6.45, 7) is 3.52. The largest absolute Gasteiger partial charge is 0.462 e. The standard InChI is InChI=1S/C12H12N2O4/c1-3-10-9(7-13)5-8(12(15)18-4-2)6-11(10)14(16)17/h5-6H,3-4H2,1-2H3. The summed E-state index contributed by atoms with van der Waals surface area (Å²) in [6, 6.07) is 4.34. The quantitative estimate of drug-likeness (QED) is 0.462. The number of ether oxygens (including phenoxy) is 1. The molecule has 0 heterocycles. The second-order valence-corrected chi connectivity index (χ2v) is 3.46. The highest BCUT2D eigenvalue weighted by molar-refractivity contribution is 5.91. The molecule has 0 saturated heterocycles. The van der Waals surface area contributed by atoms with Gasteiger partial charge in [0.15, 0.2) is 0 Å². The predicted octanol–water partition coefficient (Wildman–Crippen LogP) is 2.21. The van der Waals surface area contributed by atoms with Gasteiger partial charge in [-0.1, -0.05) is 6.92 Å². The molecule has 6 nitrogen and oxygen atoms in total. The molecule has 0 aliphatic heterocycles. The summed E-state index contributed by atoms with van der Waals surface area (Å²) < 4.78 is 4.76. The highest BCUT2D eigenvalue weighted by Gasteiger charge is 2.21. The Morgan fingerprint density at radius 1 is 1.50 bits per heavy atom. The third-order valence-corrected chi connectivity index (χ3v) is 2.41. The fraction of sp³-hybridized carbons (Fsp3) is 0.333. The van der Waals surface area contributed by atoms with Crippen molar-refractivity contribution in [3.63, 3.8) is 0 Å². The van der Waals surface area contributed by atoms with Gasteiger partial charge in [-0.05, 0) is 19.4 Å². The van der Waals surface area contributed by atoms with Gasteiger partial charge in [-0.15, -0.1) is 0 Å². The maximum Gasteiger partial charge on any atom is 0.338 e. The van der Waals surface area contributed by atoms with Crippen molar-refractivity contribution in [2.24, 2.45) is 0 Å². The average Bonchev–Trinajstić information content (AvgIpc) is 2.37. The zero-order valence-electron chi connectivity index (χ0n) is 10.1. The SMILES string of the molecule is CCOC(=O)c1cc(C#N)c(CC)c([N+](=O)[O-])c1. The van der Waals surface area contributed by atoms with Crippen molar-refractivity contribution in [3.05, 3.63) is 38.9 Å². The Hall–Kier alpha value is -2.42. The van der Waals surface area contributed by atoms with E-state index in [1.165, 1.54) is 6.07 Å². The molecule has 0 spiro atoms. The van der Waals surface area contributed by atoms with E-state index in [1.807, 2.05) is 6.07 Å². The van der Waals surface area contributed by atoms with E-state index in [0.29, 0.717) is 12.0 Å². The van der Waals surface area contributed by atoms with E-state index in [4.69, 9.17) is 10.00 Å². The van der Waals surface area contributed by atoms with Crippen molar-refractivity contribution in [2.75, 3.05) is 6.61 Å². The van der Waals surface area contributed by atoms with E-state index >= 15 is 0 Å². The van der Waals surface area contributed by atoms with E-state index in [1.54, 1.807) is 13.8 Å². The van der Waals surface area contributed by atoms with Crippen LogP contribution >= 0.6 is 0 Å². The Kier molecular flexibility index (Phi) is 4.38. The Labute approximate surface area is 104 Å². The molecule has 0 aliphatic rings. The number of hydrogen-bond donors (Lipinski definition) is 0. The molecule has 0 radical (unpaired) electrons. The third kappa shape index (κ3) is 2.63. The monoisotopic (exact) mass is 248 g/mol. The Balaban J connectivity index is 3.42. The van der Waals surface area contributed by atoms with Crippen LogP contribution in [0.15, 0.2) is 12.1 Å². The maximum absolute atomic E-state index is 11.5. The smallest absolute Gasteiger partial charge is 0.338 e. The van der Waals surface area contributed by atoms with Crippen LogP contribution < -0.4 is 0 Å². The van der Waals surface area contributed by atoms with Crippen LogP contribution in [0, 0.1) is 21.4 Å². The van der Waals surface area contributed by atoms with E-state index in [0.717, 1.165) is 6.07 Å². The van der Waals surface area contributed by atoms with Gasteiger partial charge in [-0.25, -0.2) is 4.79 Å². The molecular formula is C12H12N2O4. The number of nitro groups is 1. The first-order chi connectivity index (χ1) is 8.54. The lowest BCUT2D eigenvalue weighted by Crippen LogP contribution is -2.08. The Morgan fingerprint density at radius 2 is 2.17 bits per heavy atom. The molecule has 0 unspecified atom stereocenters. The number of rotatable bonds is 4. The third-order valence-electron chi connectivity index (χ3n) is 2.41. The number of nitro benzene ring substituents is 1. The second-order valence-electron chi connectivity index (χ2n) is 3.46. The van der Waals surface area contributed by atoms with Crippen molar-refractivity contribution >= 4 is 11.7 Å². The number of nitrogens with zero attached hydrogens (tertiary/aromatic N) is 2. The van der Waals surface area contributed by atoms with Gasteiger partial charge in [-0.2, -0.15) is 5.26 Å². The second kappa shape index (κ2) is 5.77. The summed E-state index contributed by atoms with van der Waals surface area (Å²) in [6.07, 6.45) is 0.350. The molecule has 0 aromatic heterocycles. The van der Waals surface area contributed by atoms with Gasteiger partial charge >= 0.3 is 5.97 Å². The lowest BCUT2D eigenvalue weighted by Gasteiger charge is -2.06. The van der Waals surface area contributed by atoms with Crippen molar-refractivity contribution in [1.82, 2.24) is 0 Å². The minimum absolute atomic E-state index is 0.0253. The van der Waals surface area contributed by atoms with Crippen LogP contribution in [-0.4, -0.2) is 17.5 Å². The van der Waals surface area contributed by atoms with Crippen molar-refractivity contribution in [1.29, 1.82) is 5.26 Å². The van der Waals surface area contributed by atoms with Crippen LogP contribution in [0.2, 0.25) is 0 Å². The van der Waals surface area contributed by atoms with Gasteiger partial charge in [0, 0.05) is 11.6 Å². The zero-order valence-corrected chi connectivity index (χ0v) is 10.1. The normalized spacial score (nSPS) is 9.61. The number of carbonyl (C=O) groups is 1. The van der Waals surface area contributed by atoms with E-state index < -0.39 is 10.9 Å². The highest BCUT2D eigenvalue weighted by Crippen LogP contribution is 2.25. The molecule has 94 valence electrons. The summed E-state index contributed by atoms with van der Waals surface area (Å²) in [5.74, 6) is -0.667. The van der Waals surface area contributed by atoms with Crippen molar-refractivity contribution < 1.29 is 14.5 Å². The number of benzene rings is 1. The molecule has 6 heteroatoms. The molecule has 0 atom stereocenters. The molecule has 0 N–H and O–H groups in total. The molecule has 1 aromatic rings. The summed E-state index contributed by atoms with van der Waals surface area (Å²) in [7, 11) is 0. The van der Waals surface area contributed by atoms with Gasteiger partial charge in [-0.3, -0.25) is 10.1 Å². The highest BCUT2D eigenvalue weighted by atomic mass is 16.6. The Bertz CT molecular complexity index is 532. The molecule has 0 amide bonds. The van der Waals surface area contributed by atoms with E-state index in [2.05, 4.69) is 0 Å². The summed E-state index contributed by atoms with van der Waals surface area (Å²) in [5, 5.41) is 19.9. The molecule has 18 heavy (non-hydrogen) atoms. The first kappa shape index (κ1) is 13.6. The fourth-order valence-electron chi connectivity index (χ4n) is 1.62. The number of hydrogen-bond acceptors (Lipinski definition) is 5. The predicted molar refractivity (Wildman–Crippen MR) is 63.1 cm³/mol. The minimum Gasteiger partial charge on any atom is -0.462 e. The lowest BCUT2D eigenvalue weighted by atomic mass is 10.0. The van der Waals surface area contributed by atoms with Gasteiger partial charge < -0.3 is 4.74 Å². The van der Waals surface area contributed by atoms with Crippen LogP contribution in [0.1, 0.15) is 35.3 Å². The molecule has 0 bridgehead atoms. The van der Waals surface area contributed by atoms with Crippen molar-refractivity contribution in [3.8, 4) is 6.07 Å². The van der Waals surface area contributed by atoms with Crippen LogP contribution in [0.4, 0.5) is 5.69 Å². The molecule has 1 aromatic carbocycles. The van der Waals surface area contributed by atoms with Crippen LogP contribution in [-0.2, 0) is 11.2 Å². The maximum atomic E-state index is 11.5. The summed E-state index contributed by atoms with van der Waals surface area (Å²) >= 11 is 0.